The molecule has 0 unspecified atom stereocenters. The van der Waals surface area contributed by atoms with Crippen LogP contribution >= 0.6 is 0 Å². The molecule has 0 aliphatic rings. The maximum Gasteiger partial charge on any atom is 0.224 e. The van der Waals surface area contributed by atoms with Crippen LogP contribution in [0.5, 0.6) is 0 Å². The highest BCUT2D eigenvalue weighted by Gasteiger charge is 2.11. The van der Waals surface area contributed by atoms with Crippen LogP contribution < -0.4 is 5.32 Å². The van der Waals surface area contributed by atoms with Crippen molar-refractivity contribution in [3.63, 3.8) is 0 Å². The Bertz CT molecular complexity index is 595. The van der Waals surface area contributed by atoms with Gasteiger partial charge in [-0.2, -0.15) is 5.10 Å². The monoisotopic (exact) mass is 265 g/mol. The summed E-state index contributed by atoms with van der Waals surface area (Å²) in [6.45, 7) is 2.14. The zero-order valence-electron chi connectivity index (χ0n) is 10.3. The Morgan fingerprint density at radius 2 is 2.16 bits per heavy atom. The second kappa shape index (κ2) is 5.60. The van der Waals surface area contributed by atoms with Gasteiger partial charge in [0.15, 0.2) is 11.6 Å². The number of hydrogen-bond acceptors (Lipinski definition) is 2. The minimum absolute atomic E-state index is 0.0430. The van der Waals surface area contributed by atoms with Gasteiger partial charge in [0.05, 0.1) is 12.6 Å². The van der Waals surface area contributed by atoms with E-state index in [1.54, 1.807) is 6.20 Å². The van der Waals surface area contributed by atoms with E-state index in [9.17, 15) is 13.6 Å². The molecular formula is C13H13F2N3O. The van der Waals surface area contributed by atoms with E-state index >= 15 is 0 Å². The second-order valence-corrected chi connectivity index (χ2v) is 4.19. The van der Waals surface area contributed by atoms with Gasteiger partial charge < -0.3 is 5.32 Å². The molecule has 100 valence electrons. The van der Waals surface area contributed by atoms with Crippen LogP contribution in [0.1, 0.15) is 16.8 Å². The van der Waals surface area contributed by atoms with Crippen molar-refractivity contribution in [1.82, 2.24) is 15.5 Å². The molecule has 2 aromatic rings. The van der Waals surface area contributed by atoms with Crippen LogP contribution in [0.15, 0.2) is 24.4 Å². The zero-order chi connectivity index (χ0) is 13.8. The van der Waals surface area contributed by atoms with Crippen molar-refractivity contribution in [3.8, 4) is 0 Å². The molecule has 0 atom stereocenters. The Hall–Kier alpha value is -2.24. The number of hydrogen-bond donors (Lipinski definition) is 2. The van der Waals surface area contributed by atoms with Gasteiger partial charge >= 0.3 is 0 Å². The lowest BCUT2D eigenvalue weighted by Gasteiger charge is -2.06. The van der Waals surface area contributed by atoms with Crippen LogP contribution in [0.25, 0.3) is 0 Å². The quantitative estimate of drug-likeness (QED) is 0.886. The molecule has 0 radical (unpaired) electrons. The molecule has 0 saturated heterocycles. The number of H-pyrrole nitrogens is 1. The highest BCUT2D eigenvalue weighted by atomic mass is 19.2. The first kappa shape index (κ1) is 13.2. The molecule has 0 aliphatic carbocycles. The van der Waals surface area contributed by atoms with Crippen molar-refractivity contribution in [2.24, 2.45) is 0 Å². The number of carbonyl (C=O) groups excluding carboxylic acids is 1. The van der Waals surface area contributed by atoms with E-state index in [0.717, 1.165) is 17.3 Å². The van der Waals surface area contributed by atoms with Gasteiger partial charge in [-0.1, -0.05) is 12.1 Å². The lowest BCUT2D eigenvalue weighted by molar-refractivity contribution is -0.120. The summed E-state index contributed by atoms with van der Waals surface area (Å²) in [6, 6.07) is 3.79. The summed E-state index contributed by atoms with van der Waals surface area (Å²) in [5.74, 6) is -2.29. The molecule has 0 saturated carbocycles. The Kier molecular flexibility index (Phi) is 3.89. The highest BCUT2D eigenvalue weighted by Crippen LogP contribution is 2.12. The molecule has 1 amide bonds. The predicted octanol–water partition coefficient (Wildman–Crippen LogP) is 1.86. The Morgan fingerprint density at radius 1 is 1.37 bits per heavy atom. The first-order chi connectivity index (χ1) is 9.08. The Morgan fingerprint density at radius 3 is 2.84 bits per heavy atom. The number of nitrogens with zero attached hydrogens (tertiary/aromatic N) is 1. The lowest BCUT2D eigenvalue weighted by atomic mass is 10.1. The van der Waals surface area contributed by atoms with Crippen molar-refractivity contribution < 1.29 is 13.6 Å². The van der Waals surface area contributed by atoms with Crippen molar-refractivity contribution in [3.05, 3.63) is 52.9 Å². The third-order valence-electron chi connectivity index (χ3n) is 2.79. The number of rotatable bonds is 4. The van der Waals surface area contributed by atoms with E-state index in [2.05, 4.69) is 15.5 Å². The summed E-state index contributed by atoms with van der Waals surface area (Å²) in [6.07, 6.45) is 1.42. The standard InChI is InChI=1S/C13H13F2N3O/c1-8-10(7-17-18-8)6-16-12(19)5-9-3-2-4-11(14)13(9)15/h2-4,7H,5-6H2,1H3,(H,16,19)(H,17,18). The summed E-state index contributed by atoms with van der Waals surface area (Å²) in [7, 11) is 0. The molecule has 2 N–H and O–H groups in total. The minimum Gasteiger partial charge on any atom is -0.352 e. The Balaban J connectivity index is 1.95. The largest absolute Gasteiger partial charge is 0.352 e. The van der Waals surface area contributed by atoms with Gasteiger partial charge in [-0.15, -0.1) is 0 Å². The van der Waals surface area contributed by atoms with Gasteiger partial charge in [-0.05, 0) is 13.0 Å². The van der Waals surface area contributed by atoms with Crippen LogP contribution in [0.4, 0.5) is 8.78 Å². The van der Waals surface area contributed by atoms with Gasteiger partial charge in [-0.25, -0.2) is 8.78 Å². The molecule has 1 aromatic carbocycles. The summed E-state index contributed by atoms with van der Waals surface area (Å²) < 4.78 is 26.3. The average molecular weight is 265 g/mol. The fourth-order valence-corrected chi connectivity index (χ4v) is 1.67. The molecule has 1 aromatic heterocycles. The van der Waals surface area contributed by atoms with E-state index < -0.39 is 11.6 Å². The van der Waals surface area contributed by atoms with Gasteiger partial charge in [-0.3, -0.25) is 9.89 Å². The van der Waals surface area contributed by atoms with Crippen molar-refractivity contribution in [1.29, 1.82) is 0 Å². The minimum atomic E-state index is -0.975. The number of nitrogens with one attached hydrogen (secondary N) is 2. The third-order valence-corrected chi connectivity index (χ3v) is 2.79. The van der Waals surface area contributed by atoms with E-state index in [1.807, 2.05) is 6.92 Å². The van der Waals surface area contributed by atoms with Gasteiger partial charge in [0, 0.05) is 23.4 Å². The predicted molar refractivity (Wildman–Crippen MR) is 65.2 cm³/mol. The second-order valence-electron chi connectivity index (χ2n) is 4.19. The number of aryl methyl sites for hydroxylation is 1. The molecule has 0 aliphatic heterocycles. The molecule has 0 spiro atoms. The summed E-state index contributed by atoms with van der Waals surface area (Å²) in [5.41, 5.74) is 1.76. The molecule has 0 bridgehead atoms. The van der Waals surface area contributed by atoms with Crippen LogP contribution in [-0.2, 0) is 17.8 Å². The van der Waals surface area contributed by atoms with E-state index in [1.165, 1.54) is 12.1 Å². The number of aromatic amines is 1. The number of amides is 1. The fraction of sp³-hybridized carbons (Fsp3) is 0.231. The van der Waals surface area contributed by atoms with E-state index in [0.29, 0.717) is 6.54 Å². The smallest absolute Gasteiger partial charge is 0.224 e. The summed E-state index contributed by atoms with van der Waals surface area (Å²) in [5, 5.41) is 9.20. The van der Waals surface area contributed by atoms with Gasteiger partial charge in [0.1, 0.15) is 0 Å². The number of carbonyl (C=O) groups is 1. The summed E-state index contributed by atoms with van der Waals surface area (Å²) in [4.78, 5) is 11.7. The molecule has 1 heterocycles. The van der Waals surface area contributed by atoms with Crippen LogP contribution in [-0.4, -0.2) is 16.1 Å². The van der Waals surface area contributed by atoms with E-state index in [-0.39, 0.29) is 17.9 Å². The van der Waals surface area contributed by atoms with Crippen LogP contribution in [0.2, 0.25) is 0 Å². The van der Waals surface area contributed by atoms with Crippen LogP contribution in [0.3, 0.4) is 0 Å². The SMILES string of the molecule is Cc1[nH]ncc1CNC(=O)Cc1cccc(F)c1F. The molecule has 19 heavy (non-hydrogen) atoms. The molecule has 0 fully saturated rings. The maximum atomic E-state index is 13.4. The van der Waals surface area contributed by atoms with Gasteiger partial charge in [0.25, 0.3) is 0 Å². The zero-order valence-corrected chi connectivity index (χ0v) is 10.3. The van der Waals surface area contributed by atoms with Crippen molar-refractivity contribution in [2.45, 2.75) is 19.9 Å². The van der Waals surface area contributed by atoms with E-state index in [4.69, 9.17) is 0 Å². The number of halogens is 2. The molecule has 2 rings (SSSR count). The van der Waals surface area contributed by atoms with Gasteiger partial charge in [0.2, 0.25) is 5.91 Å². The molecule has 4 nitrogen and oxygen atoms in total. The normalized spacial score (nSPS) is 10.5. The maximum absolute atomic E-state index is 13.4. The topological polar surface area (TPSA) is 57.8 Å². The Labute approximate surface area is 108 Å². The number of aromatic nitrogens is 2. The number of benzene rings is 1. The fourth-order valence-electron chi connectivity index (χ4n) is 1.67. The van der Waals surface area contributed by atoms with Crippen LogP contribution in [0, 0.1) is 18.6 Å². The first-order valence-corrected chi connectivity index (χ1v) is 5.76. The summed E-state index contributed by atoms with van der Waals surface area (Å²) >= 11 is 0. The molecular weight excluding hydrogens is 252 g/mol. The van der Waals surface area contributed by atoms with Crippen molar-refractivity contribution >= 4 is 5.91 Å². The first-order valence-electron chi connectivity index (χ1n) is 5.76. The average Bonchev–Trinajstić information content (AvgIpc) is 2.78. The highest BCUT2D eigenvalue weighted by molar-refractivity contribution is 5.78. The molecule has 6 heteroatoms. The van der Waals surface area contributed by atoms with Crippen molar-refractivity contribution in [2.75, 3.05) is 0 Å². The third kappa shape index (κ3) is 3.15. The lowest BCUT2D eigenvalue weighted by Crippen LogP contribution is -2.25.